The van der Waals surface area contributed by atoms with Crippen LogP contribution in [0.5, 0.6) is 0 Å². The van der Waals surface area contributed by atoms with E-state index < -0.39 is 30.3 Å². The van der Waals surface area contributed by atoms with Crippen LogP contribution in [0.25, 0.3) is 0 Å². The molecule has 0 bridgehead atoms. The Labute approximate surface area is 139 Å². The predicted molar refractivity (Wildman–Crippen MR) is 86.4 cm³/mol. The summed E-state index contributed by atoms with van der Waals surface area (Å²) in [5.41, 5.74) is 0. The Morgan fingerprint density at radius 1 is 0.762 bits per heavy atom. The summed E-state index contributed by atoms with van der Waals surface area (Å²) < 4.78 is 32.1. The van der Waals surface area contributed by atoms with E-state index in [0.29, 0.717) is 17.8 Å². The Morgan fingerprint density at radius 2 is 1.10 bits per heavy atom. The van der Waals surface area contributed by atoms with Gasteiger partial charge < -0.3 is 0 Å². The van der Waals surface area contributed by atoms with Gasteiger partial charge in [0.05, 0.1) is 0 Å². The number of rotatable bonds is 10. The molecule has 21 heavy (non-hydrogen) atoms. The van der Waals surface area contributed by atoms with Crippen LogP contribution in [0.4, 0.5) is 0 Å². The van der Waals surface area contributed by atoms with Gasteiger partial charge in [0.25, 0.3) is 0 Å². The van der Waals surface area contributed by atoms with Crippen molar-refractivity contribution in [3.05, 3.63) is 0 Å². The van der Waals surface area contributed by atoms with Crippen LogP contribution >= 0.6 is 0 Å². The average Bonchev–Trinajstić information content (AvgIpc) is 2.07. The summed E-state index contributed by atoms with van der Waals surface area (Å²) in [6, 6.07) is 2.89. The molecule has 0 spiro atoms. The monoisotopic (exact) mass is 398 g/mol. The van der Waals surface area contributed by atoms with Crippen molar-refractivity contribution >= 4 is 8.32 Å². The molecule has 4 nitrogen and oxygen atoms in total. The molecule has 0 aromatic carbocycles. The van der Waals surface area contributed by atoms with Gasteiger partial charge in [0.1, 0.15) is 0 Å². The van der Waals surface area contributed by atoms with Gasteiger partial charge in [-0.05, 0) is 0 Å². The van der Waals surface area contributed by atoms with E-state index in [1.54, 1.807) is 0 Å². The molecule has 0 saturated carbocycles. The first-order valence-electron chi connectivity index (χ1n) is 8.20. The molecule has 0 atom stereocenters. The molecule has 6 heteroatoms. The van der Waals surface area contributed by atoms with Crippen LogP contribution in [-0.2, 0) is 27.3 Å². The fourth-order valence-electron chi connectivity index (χ4n) is 3.22. The standard InChI is InChI=1S/C12H27OSi.C3H7O.2H2O.Zr/c1-10(2)7-14(13,8-11(3)4)9-12(5)6;1-3(2)4;;;/h10-12H,7-9H2,1-6H3;3H,1-2H3;2*1H2;/q2*-1;;;+4/p-2. The first-order chi connectivity index (χ1) is 9.37. The molecule has 0 fully saturated rings. The van der Waals surface area contributed by atoms with Gasteiger partial charge >= 0.3 is 139 Å². The molecule has 0 aliphatic heterocycles. The topological polar surface area (TPSA) is 58.9 Å². The van der Waals surface area contributed by atoms with Crippen LogP contribution in [0.15, 0.2) is 0 Å². The van der Waals surface area contributed by atoms with Crippen molar-refractivity contribution in [3.8, 4) is 0 Å². The Morgan fingerprint density at radius 3 is 1.33 bits per heavy atom. The minimum absolute atomic E-state index is 0.209. The first kappa shape index (κ1) is 21.9. The van der Waals surface area contributed by atoms with E-state index in [9.17, 15) is 6.37 Å². The molecular weight excluding hydrogens is 363 g/mol. The third kappa shape index (κ3) is 10.4. The predicted octanol–water partition coefficient (Wildman–Crippen LogP) is 4.14. The van der Waals surface area contributed by atoms with Crippen molar-refractivity contribution in [2.75, 3.05) is 0 Å². The van der Waals surface area contributed by atoms with Gasteiger partial charge in [0.15, 0.2) is 0 Å². The molecular formula is C15H36O4SiZr. The summed E-state index contributed by atoms with van der Waals surface area (Å²) in [6.07, 6.45) is -0.209. The third-order valence-corrected chi connectivity index (χ3v) is 15.5. The Hall–Kier alpha value is 0.940. The van der Waals surface area contributed by atoms with Gasteiger partial charge in [0, 0.05) is 0 Å². The molecule has 0 saturated heterocycles. The van der Waals surface area contributed by atoms with Crippen LogP contribution in [-0.4, -0.2) is 20.8 Å². The fourth-order valence-corrected chi connectivity index (χ4v) is 16.9. The SMILES string of the molecule is CC(C)C[Si](CC(C)C)(CC(C)C)[O][Zr]([OH])([OH])[O]C(C)C. The summed E-state index contributed by atoms with van der Waals surface area (Å²) in [5, 5.41) is 0. The number of hydrogen-bond acceptors (Lipinski definition) is 4. The zero-order chi connectivity index (χ0) is 16.8. The van der Waals surface area contributed by atoms with E-state index in [4.69, 9.17) is 5.32 Å². The molecule has 0 amide bonds. The molecule has 0 radical (unpaired) electrons. The normalized spacial score (nSPS) is 14.0. The molecule has 2 N–H and O–H groups in total. The zero-order valence-corrected chi connectivity index (χ0v) is 18.6. The summed E-state index contributed by atoms with van der Waals surface area (Å²) in [6.45, 7) is 16.7. The van der Waals surface area contributed by atoms with Crippen molar-refractivity contribution in [2.45, 2.75) is 79.6 Å². The molecule has 128 valence electrons. The quantitative estimate of drug-likeness (QED) is 0.542. The third-order valence-electron chi connectivity index (χ3n) is 3.08. The van der Waals surface area contributed by atoms with E-state index >= 15 is 0 Å². The minimum atomic E-state index is -4.84. The van der Waals surface area contributed by atoms with E-state index in [-0.39, 0.29) is 6.10 Å². The number of hydrogen-bond donors (Lipinski definition) is 2. The van der Waals surface area contributed by atoms with Crippen LogP contribution in [0.2, 0.25) is 18.1 Å². The van der Waals surface area contributed by atoms with Crippen molar-refractivity contribution in [1.29, 1.82) is 0 Å². The van der Waals surface area contributed by atoms with Crippen molar-refractivity contribution in [2.24, 2.45) is 17.8 Å². The molecule has 0 aliphatic carbocycles. The average molecular weight is 400 g/mol. The Bertz CT molecular complexity index is 267. The maximum absolute atomic E-state index is 10.3. The summed E-state index contributed by atoms with van der Waals surface area (Å²) >= 11 is -4.84. The molecule has 0 unspecified atom stereocenters. The molecule has 0 rings (SSSR count). The second-order valence-corrected chi connectivity index (χ2v) is 16.4. The van der Waals surface area contributed by atoms with Gasteiger partial charge in [0.2, 0.25) is 0 Å². The molecule has 0 heterocycles. The van der Waals surface area contributed by atoms with Crippen LogP contribution in [0.1, 0.15) is 55.4 Å². The van der Waals surface area contributed by atoms with E-state index in [0.717, 1.165) is 18.1 Å². The van der Waals surface area contributed by atoms with Gasteiger partial charge in [-0.3, -0.25) is 0 Å². The van der Waals surface area contributed by atoms with Crippen molar-refractivity contribution in [1.82, 2.24) is 0 Å². The van der Waals surface area contributed by atoms with Crippen LogP contribution in [0.3, 0.4) is 0 Å². The van der Waals surface area contributed by atoms with Crippen molar-refractivity contribution < 1.29 is 33.7 Å². The molecule has 0 aromatic heterocycles. The molecule has 0 aromatic rings. The maximum atomic E-state index is 10.3. The second-order valence-electron chi connectivity index (χ2n) is 7.79. The van der Waals surface area contributed by atoms with Crippen molar-refractivity contribution in [3.63, 3.8) is 0 Å². The van der Waals surface area contributed by atoms with Gasteiger partial charge in [-0.2, -0.15) is 0 Å². The summed E-state index contributed by atoms with van der Waals surface area (Å²) in [7, 11) is -2.22. The first-order valence-corrected chi connectivity index (χ1v) is 14.9. The Kier molecular flexibility index (Phi) is 9.70. The molecule has 0 aliphatic rings. The second kappa shape index (κ2) is 9.29. The van der Waals surface area contributed by atoms with E-state index in [1.807, 2.05) is 13.8 Å². The van der Waals surface area contributed by atoms with Gasteiger partial charge in [-0.15, -0.1) is 0 Å². The fraction of sp³-hybridized carbons (Fsp3) is 1.00. The zero-order valence-electron chi connectivity index (χ0n) is 15.1. The van der Waals surface area contributed by atoms with Crippen LogP contribution in [0, 0.1) is 17.8 Å². The van der Waals surface area contributed by atoms with E-state index in [2.05, 4.69) is 41.5 Å². The van der Waals surface area contributed by atoms with Gasteiger partial charge in [-0.25, -0.2) is 0 Å². The Balaban J connectivity index is 5.30. The summed E-state index contributed by atoms with van der Waals surface area (Å²) in [4.78, 5) is 0. The van der Waals surface area contributed by atoms with Gasteiger partial charge in [-0.1, -0.05) is 0 Å². The summed E-state index contributed by atoms with van der Waals surface area (Å²) in [5.74, 6) is 1.49. The van der Waals surface area contributed by atoms with E-state index in [1.165, 1.54) is 0 Å². The van der Waals surface area contributed by atoms with Crippen LogP contribution < -0.4 is 0 Å².